The minimum Gasteiger partial charge on any atom is -0.462 e. The first-order chi connectivity index (χ1) is 23.4. The van der Waals surface area contributed by atoms with Gasteiger partial charge >= 0.3 is 11.9 Å². The molecule has 0 aromatic heterocycles. The van der Waals surface area contributed by atoms with E-state index in [0.717, 1.165) is 37.5 Å². The fourth-order valence-electron chi connectivity index (χ4n) is 6.47. The third-order valence-corrected chi connectivity index (χ3v) is 9.65. The van der Waals surface area contributed by atoms with Crippen LogP contribution in [0.2, 0.25) is 0 Å². The maximum absolute atomic E-state index is 12.5. The third kappa shape index (κ3) is 28.0. The quantitative estimate of drug-likeness (QED) is 0.0541. The average molecular weight is 671 g/mol. The Labute approximate surface area is 298 Å². The maximum Gasteiger partial charge on any atom is 0.338 e. The largest absolute Gasteiger partial charge is 0.462 e. The van der Waals surface area contributed by atoms with Gasteiger partial charge in [-0.3, -0.25) is 0 Å². The van der Waals surface area contributed by atoms with Crippen LogP contribution in [0, 0.1) is 11.8 Å². The van der Waals surface area contributed by atoms with E-state index in [1.165, 1.54) is 154 Å². The molecular weight excluding hydrogens is 592 g/mol. The van der Waals surface area contributed by atoms with Gasteiger partial charge in [0.2, 0.25) is 0 Å². The molecule has 0 atom stereocenters. The molecule has 0 amide bonds. The molecule has 0 saturated heterocycles. The second-order valence-electron chi connectivity index (χ2n) is 15.4. The van der Waals surface area contributed by atoms with Crippen molar-refractivity contribution in [2.75, 3.05) is 13.2 Å². The van der Waals surface area contributed by atoms with E-state index < -0.39 is 0 Å². The Kier molecular flexibility index (Phi) is 29.8. The lowest BCUT2D eigenvalue weighted by Gasteiger charge is -2.08. The lowest BCUT2D eigenvalue weighted by molar-refractivity contribution is 0.0496. The molecule has 0 aliphatic rings. The molecule has 0 bridgehead atoms. The van der Waals surface area contributed by atoms with Gasteiger partial charge in [0.05, 0.1) is 24.3 Å². The summed E-state index contributed by atoms with van der Waals surface area (Å²) < 4.78 is 11.0. The minimum atomic E-state index is -0.360. The predicted molar refractivity (Wildman–Crippen MR) is 206 cm³/mol. The Morgan fingerprint density at radius 2 is 0.667 bits per heavy atom. The van der Waals surface area contributed by atoms with Crippen LogP contribution in [0.4, 0.5) is 0 Å². The van der Waals surface area contributed by atoms with Crippen LogP contribution in [0.15, 0.2) is 24.3 Å². The highest BCUT2D eigenvalue weighted by atomic mass is 16.5. The van der Waals surface area contributed by atoms with Crippen molar-refractivity contribution in [2.24, 2.45) is 11.8 Å². The number of hydrogen-bond donors (Lipinski definition) is 0. The number of carbonyl (C=O) groups is 2. The van der Waals surface area contributed by atoms with Crippen molar-refractivity contribution in [1.29, 1.82) is 0 Å². The van der Waals surface area contributed by atoms with Crippen molar-refractivity contribution < 1.29 is 19.1 Å². The van der Waals surface area contributed by atoms with E-state index in [-0.39, 0.29) is 11.9 Å². The summed E-state index contributed by atoms with van der Waals surface area (Å²) in [5, 5.41) is 0. The Balaban J connectivity index is 1.96. The van der Waals surface area contributed by atoms with Crippen LogP contribution in [0.1, 0.15) is 228 Å². The van der Waals surface area contributed by atoms with Crippen molar-refractivity contribution in [1.82, 2.24) is 0 Å². The normalized spacial score (nSPS) is 11.5. The van der Waals surface area contributed by atoms with Crippen molar-refractivity contribution in [3.63, 3.8) is 0 Å². The lowest BCUT2D eigenvalue weighted by atomic mass is 10.0. The maximum atomic E-state index is 12.5. The monoisotopic (exact) mass is 671 g/mol. The van der Waals surface area contributed by atoms with E-state index in [0.29, 0.717) is 24.3 Å². The molecule has 1 aromatic rings. The number of hydrogen-bond acceptors (Lipinski definition) is 4. The smallest absolute Gasteiger partial charge is 0.338 e. The second-order valence-corrected chi connectivity index (χ2v) is 15.4. The second kappa shape index (κ2) is 32.4. The zero-order valence-corrected chi connectivity index (χ0v) is 32.3. The van der Waals surface area contributed by atoms with Crippen LogP contribution < -0.4 is 0 Å². The summed E-state index contributed by atoms with van der Waals surface area (Å²) in [6.07, 6.45) is 36.6. The highest BCUT2D eigenvalue weighted by Crippen LogP contribution is 2.17. The van der Waals surface area contributed by atoms with E-state index in [2.05, 4.69) is 27.7 Å². The molecule has 0 N–H and O–H groups in total. The van der Waals surface area contributed by atoms with Gasteiger partial charge in [0, 0.05) is 0 Å². The average Bonchev–Trinajstić information content (AvgIpc) is 3.07. The zero-order valence-electron chi connectivity index (χ0n) is 32.3. The summed E-state index contributed by atoms with van der Waals surface area (Å²) in [5.74, 6) is 0.984. The third-order valence-electron chi connectivity index (χ3n) is 9.65. The molecule has 278 valence electrons. The molecular formula is C44H78O4. The van der Waals surface area contributed by atoms with Gasteiger partial charge in [-0.2, -0.15) is 0 Å². The molecule has 1 rings (SSSR count). The topological polar surface area (TPSA) is 52.6 Å². The van der Waals surface area contributed by atoms with Crippen LogP contribution in [0.3, 0.4) is 0 Å². The SMILES string of the molecule is CC(C)CCCCCCCCCCCCCCCOC(=O)c1cccc(C(=O)OCCCCCCCCCCCCCCCC(C)C)c1. The summed E-state index contributed by atoms with van der Waals surface area (Å²) in [6, 6.07) is 6.75. The zero-order chi connectivity index (χ0) is 34.9. The summed E-state index contributed by atoms with van der Waals surface area (Å²) in [5.41, 5.74) is 0.836. The Morgan fingerprint density at radius 1 is 0.417 bits per heavy atom. The highest BCUT2D eigenvalue weighted by Gasteiger charge is 2.12. The van der Waals surface area contributed by atoms with Crippen molar-refractivity contribution in [2.45, 2.75) is 207 Å². The molecule has 4 heteroatoms. The first-order valence-electron chi connectivity index (χ1n) is 20.8. The Morgan fingerprint density at radius 3 is 0.938 bits per heavy atom. The predicted octanol–water partition coefficient (Wildman–Crippen LogP) is 14.2. The van der Waals surface area contributed by atoms with Gasteiger partial charge < -0.3 is 9.47 Å². The van der Waals surface area contributed by atoms with E-state index in [4.69, 9.17) is 9.47 Å². The summed E-state index contributed by atoms with van der Waals surface area (Å²) >= 11 is 0. The standard InChI is InChI=1S/C44H78O4/c1-39(2)32-27-23-19-15-11-7-5-9-13-17-21-25-29-36-47-43(45)41-34-31-35-42(38-41)44(46)48-37-30-26-22-18-14-10-6-8-12-16-20-24-28-33-40(3)4/h31,34-35,38-40H,5-30,32-33,36-37H2,1-4H3. The number of ether oxygens (including phenoxy) is 2. The van der Waals surface area contributed by atoms with E-state index >= 15 is 0 Å². The fourth-order valence-corrected chi connectivity index (χ4v) is 6.47. The van der Waals surface area contributed by atoms with E-state index in [1.807, 2.05) is 0 Å². The molecule has 0 aliphatic carbocycles. The number of carbonyl (C=O) groups excluding carboxylic acids is 2. The van der Waals surface area contributed by atoms with Crippen LogP contribution in [0.5, 0.6) is 0 Å². The number of unbranched alkanes of at least 4 members (excludes halogenated alkanes) is 24. The number of rotatable bonds is 34. The van der Waals surface area contributed by atoms with Crippen molar-refractivity contribution in [3.8, 4) is 0 Å². The molecule has 1 aromatic carbocycles. The fraction of sp³-hybridized carbons (Fsp3) is 0.818. The molecule has 0 heterocycles. The van der Waals surface area contributed by atoms with Crippen molar-refractivity contribution >= 4 is 11.9 Å². The molecule has 0 fully saturated rings. The van der Waals surface area contributed by atoms with Crippen LogP contribution in [-0.2, 0) is 9.47 Å². The van der Waals surface area contributed by atoms with Gasteiger partial charge in [-0.05, 0) is 42.9 Å². The van der Waals surface area contributed by atoms with Crippen LogP contribution in [0.25, 0.3) is 0 Å². The summed E-state index contributed by atoms with van der Waals surface area (Å²) in [7, 11) is 0. The van der Waals surface area contributed by atoms with E-state index in [9.17, 15) is 9.59 Å². The Hall–Kier alpha value is -1.84. The first-order valence-corrected chi connectivity index (χ1v) is 20.8. The van der Waals surface area contributed by atoms with Gasteiger partial charge in [-0.1, -0.05) is 201 Å². The Bertz CT molecular complexity index is 809. The molecule has 0 spiro atoms. The minimum absolute atomic E-state index is 0.360. The highest BCUT2D eigenvalue weighted by molar-refractivity contribution is 5.95. The van der Waals surface area contributed by atoms with Gasteiger partial charge in [0.1, 0.15) is 0 Å². The van der Waals surface area contributed by atoms with Crippen LogP contribution in [-0.4, -0.2) is 25.2 Å². The van der Waals surface area contributed by atoms with Crippen LogP contribution >= 0.6 is 0 Å². The van der Waals surface area contributed by atoms with Gasteiger partial charge in [-0.25, -0.2) is 9.59 Å². The van der Waals surface area contributed by atoms with Crippen molar-refractivity contribution in [3.05, 3.63) is 35.4 Å². The lowest BCUT2D eigenvalue weighted by Crippen LogP contribution is -2.10. The molecule has 0 saturated carbocycles. The summed E-state index contributed by atoms with van der Waals surface area (Å²) in [6.45, 7) is 10.1. The molecule has 4 nitrogen and oxygen atoms in total. The number of esters is 2. The molecule has 48 heavy (non-hydrogen) atoms. The van der Waals surface area contributed by atoms with Gasteiger partial charge in [0.25, 0.3) is 0 Å². The first kappa shape index (κ1) is 44.2. The van der Waals surface area contributed by atoms with Gasteiger partial charge in [0.15, 0.2) is 0 Å². The summed E-state index contributed by atoms with van der Waals surface area (Å²) in [4.78, 5) is 25.1. The molecule has 0 unspecified atom stereocenters. The van der Waals surface area contributed by atoms with E-state index in [1.54, 1.807) is 24.3 Å². The van der Waals surface area contributed by atoms with Gasteiger partial charge in [-0.15, -0.1) is 0 Å². The molecule has 0 aliphatic heterocycles. The molecule has 0 radical (unpaired) electrons. The number of benzene rings is 1.